The van der Waals surface area contributed by atoms with Crippen molar-refractivity contribution in [2.75, 3.05) is 6.61 Å². The lowest BCUT2D eigenvalue weighted by Crippen LogP contribution is -2.29. The van der Waals surface area contributed by atoms with Crippen LogP contribution in [-0.2, 0) is 17.6 Å². The van der Waals surface area contributed by atoms with E-state index >= 15 is 0 Å². The van der Waals surface area contributed by atoms with Crippen LogP contribution in [0.3, 0.4) is 0 Å². The molecule has 3 heteroatoms. The van der Waals surface area contributed by atoms with Gasteiger partial charge in [0, 0.05) is 12.8 Å². The molecule has 0 saturated carbocycles. The molecular weight excluding hydrogens is 252 g/mol. The van der Waals surface area contributed by atoms with Crippen LogP contribution in [0.25, 0.3) is 0 Å². The molecule has 1 N–H and O–H groups in total. The summed E-state index contributed by atoms with van der Waals surface area (Å²) in [6.45, 7) is 4.79. The highest BCUT2D eigenvalue weighted by Gasteiger charge is 2.22. The largest absolute Gasteiger partial charge is 0.493 e. The van der Waals surface area contributed by atoms with Gasteiger partial charge in [-0.15, -0.1) is 0 Å². The number of benzene rings is 1. The van der Waals surface area contributed by atoms with Crippen molar-refractivity contribution in [1.29, 1.82) is 0 Å². The number of carbonyl (C=O) groups excluding carboxylic acids is 1. The van der Waals surface area contributed by atoms with Crippen molar-refractivity contribution in [2.45, 2.75) is 52.1 Å². The smallest absolute Gasteiger partial charge is 0.161 e. The molecule has 1 aromatic rings. The van der Waals surface area contributed by atoms with Crippen molar-refractivity contribution in [3.63, 3.8) is 0 Å². The number of hydrogen-bond donors (Lipinski definition) is 1. The lowest BCUT2D eigenvalue weighted by molar-refractivity contribution is -0.129. The van der Waals surface area contributed by atoms with Crippen LogP contribution in [0.1, 0.15) is 44.2 Å². The number of ether oxygens (including phenoxy) is 1. The number of Topliss-reactive ketones (excluding diaryl/α,β-unsaturated/α-hetero) is 1. The van der Waals surface area contributed by atoms with Gasteiger partial charge in [0.1, 0.15) is 11.9 Å². The number of hydrogen-bond acceptors (Lipinski definition) is 3. The van der Waals surface area contributed by atoms with E-state index in [9.17, 15) is 9.90 Å². The molecule has 0 aliphatic carbocycles. The van der Waals surface area contributed by atoms with Gasteiger partial charge in [-0.25, -0.2) is 0 Å². The number of aryl methyl sites for hydroxylation is 1. The topological polar surface area (TPSA) is 46.5 Å². The Morgan fingerprint density at radius 1 is 1.35 bits per heavy atom. The molecule has 3 nitrogen and oxygen atoms in total. The van der Waals surface area contributed by atoms with Crippen LogP contribution in [0.15, 0.2) is 18.2 Å². The molecule has 1 aliphatic heterocycles. The third-order valence-electron chi connectivity index (χ3n) is 4.24. The molecule has 0 bridgehead atoms. The van der Waals surface area contributed by atoms with Crippen molar-refractivity contribution >= 4 is 5.78 Å². The van der Waals surface area contributed by atoms with Crippen LogP contribution < -0.4 is 4.74 Å². The van der Waals surface area contributed by atoms with Gasteiger partial charge in [-0.05, 0) is 29.5 Å². The molecule has 0 radical (unpaired) electrons. The van der Waals surface area contributed by atoms with E-state index in [1.807, 2.05) is 26.0 Å². The molecule has 1 heterocycles. The first-order valence-electron chi connectivity index (χ1n) is 7.61. The van der Waals surface area contributed by atoms with Crippen molar-refractivity contribution in [3.05, 3.63) is 29.3 Å². The summed E-state index contributed by atoms with van der Waals surface area (Å²) in [4.78, 5) is 12.0. The van der Waals surface area contributed by atoms with E-state index < -0.39 is 6.10 Å². The first kappa shape index (κ1) is 15.0. The zero-order valence-electron chi connectivity index (χ0n) is 12.4. The molecule has 0 fully saturated rings. The number of ketones is 1. The molecule has 20 heavy (non-hydrogen) atoms. The van der Waals surface area contributed by atoms with E-state index in [2.05, 4.69) is 6.07 Å². The normalized spacial score (nSPS) is 15.0. The average Bonchev–Trinajstić information content (AvgIpc) is 2.93. The number of rotatable bonds is 7. The summed E-state index contributed by atoms with van der Waals surface area (Å²) in [6.07, 6.45) is 2.95. The van der Waals surface area contributed by atoms with E-state index in [-0.39, 0.29) is 11.7 Å². The minimum Gasteiger partial charge on any atom is -0.493 e. The molecule has 110 valence electrons. The van der Waals surface area contributed by atoms with E-state index in [4.69, 9.17) is 4.74 Å². The Bertz CT molecular complexity index is 463. The third-order valence-corrected chi connectivity index (χ3v) is 4.24. The quantitative estimate of drug-likeness (QED) is 0.833. The third kappa shape index (κ3) is 3.40. The maximum absolute atomic E-state index is 12.0. The van der Waals surface area contributed by atoms with Crippen LogP contribution in [-0.4, -0.2) is 23.6 Å². The summed E-state index contributed by atoms with van der Waals surface area (Å²) < 4.78 is 5.47. The van der Waals surface area contributed by atoms with Gasteiger partial charge < -0.3 is 9.84 Å². The summed E-state index contributed by atoms with van der Waals surface area (Å²) in [5, 5.41) is 10.0. The van der Waals surface area contributed by atoms with Crippen molar-refractivity contribution in [2.24, 2.45) is 5.92 Å². The standard InChI is InChI=1S/C17H24O3/c1-3-13(4-2)17(19)15(18)7-5-12-6-8-16-14(11-12)9-10-20-16/h6,8,11,13,17,19H,3-5,7,9-10H2,1-2H3. The van der Waals surface area contributed by atoms with E-state index in [0.717, 1.165) is 37.2 Å². The first-order valence-corrected chi connectivity index (χ1v) is 7.61. The number of aliphatic hydroxyl groups is 1. The van der Waals surface area contributed by atoms with E-state index in [1.54, 1.807) is 0 Å². The molecule has 1 aliphatic rings. The predicted molar refractivity (Wildman–Crippen MR) is 79.0 cm³/mol. The zero-order valence-corrected chi connectivity index (χ0v) is 12.4. The predicted octanol–water partition coefficient (Wildman–Crippen LogP) is 2.92. The number of carbonyl (C=O) groups is 1. The molecule has 0 aromatic heterocycles. The second kappa shape index (κ2) is 6.89. The number of fused-ring (bicyclic) bond motifs is 1. The van der Waals surface area contributed by atoms with Gasteiger partial charge >= 0.3 is 0 Å². The Morgan fingerprint density at radius 3 is 2.80 bits per heavy atom. The molecular formula is C17H24O3. The van der Waals surface area contributed by atoms with Gasteiger partial charge in [-0.2, -0.15) is 0 Å². The van der Waals surface area contributed by atoms with Crippen molar-refractivity contribution in [3.8, 4) is 5.75 Å². The van der Waals surface area contributed by atoms with Crippen LogP contribution >= 0.6 is 0 Å². The zero-order chi connectivity index (χ0) is 14.5. The second-order valence-electron chi connectivity index (χ2n) is 5.53. The second-order valence-corrected chi connectivity index (χ2v) is 5.53. The summed E-state index contributed by atoms with van der Waals surface area (Å²) >= 11 is 0. The number of aliphatic hydroxyl groups excluding tert-OH is 1. The fourth-order valence-corrected chi connectivity index (χ4v) is 2.81. The monoisotopic (exact) mass is 276 g/mol. The summed E-state index contributed by atoms with van der Waals surface area (Å²) in [7, 11) is 0. The minimum absolute atomic E-state index is 0.0320. The Hall–Kier alpha value is -1.35. The van der Waals surface area contributed by atoms with E-state index in [0.29, 0.717) is 12.8 Å². The maximum atomic E-state index is 12.0. The fourth-order valence-electron chi connectivity index (χ4n) is 2.81. The van der Waals surface area contributed by atoms with Gasteiger partial charge in [0.05, 0.1) is 6.61 Å². The minimum atomic E-state index is -0.803. The molecule has 0 spiro atoms. The van der Waals surface area contributed by atoms with Crippen LogP contribution in [0, 0.1) is 5.92 Å². The van der Waals surface area contributed by atoms with Crippen molar-refractivity contribution < 1.29 is 14.6 Å². The highest BCUT2D eigenvalue weighted by Crippen LogP contribution is 2.26. The van der Waals surface area contributed by atoms with Crippen LogP contribution in [0.4, 0.5) is 0 Å². The Morgan fingerprint density at radius 2 is 2.10 bits per heavy atom. The molecule has 1 unspecified atom stereocenters. The molecule has 1 atom stereocenters. The average molecular weight is 276 g/mol. The first-order chi connectivity index (χ1) is 9.65. The van der Waals surface area contributed by atoms with Gasteiger partial charge in [0.25, 0.3) is 0 Å². The molecule has 2 rings (SSSR count). The van der Waals surface area contributed by atoms with Crippen molar-refractivity contribution in [1.82, 2.24) is 0 Å². The Kier molecular flexibility index (Phi) is 5.18. The Labute approximate surface area is 121 Å². The Balaban J connectivity index is 1.90. The fraction of sp³-hybridized carbons (Fsp3) is 0.588. The highest BCUT2D eigenvalue weighted by atomic mass is 16.5. The maximum Gasteiger partial charge on any atom is 0.161 e. The highest BCUT2D eigenvalue weighted by molar-refractivity contribution is 5.83. The SMILES string of the molecule is CCC(CC)C(O)C(=O)CCc1ccc2c(c1)CCO2. The molecule has 0 saturated heterocycles. The van der Waals surface area contributed by atoms with E-state index in [1.165, 1.54) is 5.56 Å². The summed E-state index contributed by atoms with van der Waals surface area (Å²) in [5.41, 5.74) is 2.38. The lowest BCUT2D eigenvalue weighted by atomic mass is 9.91. The molecule has 1 aromatic carbocycles. The van der Waals surface area contributed by atoms with Gasteiger partial charge in [0.2, 0.25) is 0 Å². The summed E-state index contributed by atoms with van der Waals surface area (Å²) in [5.74, 6) is 1.03. The summed E-state index contributed by atoms with van der Waals surface area (Å²) in [6, 6.07) is 6.12. The van der Waals surface area contributed by atoms with Gasteiger partial charge in [-0.1, -0.05) is 38.8 Å². The van der Waals surface area contributed by atoms with Crippen LogP contribution in [0.2, 0.25) is 0 Å². The van der Waals surface area contributed by atoms with Gasteiger partial charge in [-0.3, -0.25) is 4.79 Å². The lowest BCUT2D eigenvalue weighted by Gasteiger charge is -2.18. The van der Waals surface area contributed by atoms with Gasteiger partial charge in [0.15, 0.2) is 5.78 Å². The molecule has 0 amide bonds. The van der Waals surface area contributed by atoms with Crippen LogP contribution in [0.5, 0.6) is 5.75 Å².